The van der Waals surface area contributed by atoms with E-state index in [9.17, 15) is 0 Å². The number of benzene rings is 1. The summed E-state index contributed by atoms with van der Waals surface area (Å²) in [6.45, 7) is 13.1. The highest BCUT2D eigenvalue weighted by molar-refractivity contribution is 7.80. The van der Waals surface area contributed by atoms with Crippen LogP contribution in [0.1, 0.15) is 60.6 Å². The van der Waals surface area contributed by atoms with E-state index in [4.69, 9.17) is 33.8 Å². The van der Waals surface area contributed by atoms with E-state index in [1.807, 2.05) is 30.6 Å². The van der Waals surface area contributed by atoms with Crippen LogP contribution in [0.3, 0.4) is 0 Å². The number of hydrogen-bond acceptors (Lipinski definition) is 4. The molecule has 0 unspecified atom stereocenters. The van der Waals surface area contributed by atoms with E-state index in [1.165, 1.54) is 12.0 Å². The van der Waals surface area contributed by atoms with Gasteiger partial charge in [-0.2, -0.15) is 0 Å². The van der Waals surface area contributed by atoms with Crippen LogP contribution in [0.4, 0.5) is 11.4 Å². The first-order chi connectivity index (χ1) is 19.7. The second-order valence-electron chi connectivity index (χ2n) is 11.8. The Kier molecular flexibility index (Phi) is 7.51. The van der Waals surface area contributed by atoms with Gasteiger partial charge in [-0.25, -0.2) is 4.98 Å². The van der Waals surface area contributed by atoms with Gasteiger partial charge in [0.05, 0.1) is 28.5 Å². The zero-order chi connectivity index (χ0) is 28.8. The Morgan fingerprint density at radius 3 is 2.37 bits per heavy atom. The number of nitrogens with one attached hydrogen (secondary N) is 1. The number of aromatic nitrogens is 3. The van der Waals surface area contributed by atoms with Crippen LogP contribution in [0, 0.1) is 32.6 Å². The van der Waals surface area contributed by atoms with Crippen molar-refractivity contribution in [3.63, 3.8) is 0 Å². The van der Waals surface area contributed by atoms with E-state index in [-0.39, 0.29) is 12.1 Å². The predicted octanol–water partition coefficient (Wildman–Crippen LogP) is 7.51. The molecule has 0 aliphatic carbocycles. The van der Waals surface area contributed by atoms with Crippen LogP contribution in [-0.4, -0.2) is 32.7 Å². The number of anilines is 2. The lowest BCUT2D eigenvalue weighted by Crippen LogP contribution is -2.38. The number of pyridine rings is 2. The van der Waals surface area contributed by atoms with Gasteiger partial charge < -0.3 is 19.7 Å². The lowest BCUT2D eigenvalue weighted by atomic mass is 9.91. The normalized spacial score (nSPS) is 22.7. The average molecular weight is 585 g/mol. The third kappa shape index (κ3) is 5.10. The summed E-state index contributed by atoms with van der Waals surface area (Å²) in [5, 5.41) is 5.01. The molecule has 0 radical (unpaired) electrons. The fourth-order valence-electron chi connectivity index (χ4n) is 6.84. The topological polar surface area (TPSA) is 49.2 Å². The highest BCUT2D eigenvalue weighted by Crippen LogP contribution is 2.45. The van der Waals surface area contributed by atoms with Crippen LogP contribution in [0.5, 0.6) is 0 Å². The number of hydrogen-bond donors (Lipinski definition) is 1. The largest absolute Gasteiger partial charge is 0.370 e. The molecule has 6 nitrogen and oxygen atoms in total. The predicted molar refractivity (Wildman–Crippen MR) is 172 cm³/mol. The van der Waals surface area contributed by atoms with Crippen molar-refractivity contribution in [1.29, 1.82) is 0 Å². The Labute approximate surface area is 253 Å². The summed E-state index contributed by atoms with van der Waals surface area (Å²) in [7, 11) is 0. The van der Waals surface area contributed by atoms with E-state index in [1.54, 1.807) is 0 Å². The lowest BCUT2D eigenvalue weighted by Gasteiger charge is -2.37. The summed E-state index contributed by atoms with van der Waals surface area (Å²) in [6.07, 6.45) is 4.95. The summed E-state index contributed by atoms with van der Waals surface area (Å²) < 4.78 is 2.24. The molecule has 1 aromatic carbocycles. The van der Waals surface area contributed by atoms with Crippen LogP contribution in [0.2, 0.25) is 5.02 Å². The Hall–Kier alpha value is -3.42. The summed E-state index contributed by atoms with van der Waals surface area (Å²) in [5.41, 5.74) is 7.56. The van der Waals surface area contributed by atoms with Crippen LogP contribution in [-0.2, 0) is 0 Å². The molecule has 5 heterocycles. The van der Waals surface area contributed by atoms with E-state index in [0.29, 0.717) is 16.9 Å². The molecule has 3 aromatic heterocycles. The molecule has 0 bridgehead atoms. The maximum atomic E-state index is 7.03. The number of thiocarbonyl (C=S) groups is 1. The average Bonchev–Trinajstić information content (AvgIpc) is 3.43. The van der Waals surface area contributed by atoms with E-state index in [0.717, 1.165) is 58.0 Å². The van der Waals surface area contributed by atoms with Crippen molar-refractivity contribution in [3.05, 3.63) is 100 Å². The van der Waals surface area contributed by atoms with Crippen molar-refractivity contribution in [1.82, 2.24) is 19.9 Å². The van der Waals surface area contributed by atoms with E-state index < -0.39 is 0 Å². The quantitative estimate of drug-likeness (QED) is 0.245. The molecule has 0 amide bonds. The van der Waals surface area contributed by atoms with Gasteiger partial charge in [0.2, 0.25) is 0 Å². The molecule has 2 aliphatic rings. The Morgan fingerprint density at radius 2 is 1.68 bits per heavy atom. The summed E-state index contributed by atoms with van der Waals surface area (Å²) >= 11 is 13.1. The molecule has 1 N–H and O–H groups in total. The molecule has 2 aliphatic heterocycles. The monoisotopic (exact) mass is 584 g/mol. The van der Waals surface area contributed by atoms with Crippen LogP contribution >= 0.6 is 23.8 Å². The first-order valence-electron chi connectivity index (χ1n) is 14.4. The lowest BCUT2D eigenvalue weighted by molar-refractivity contribution is 0.357. The fourth-order valence-corrected chi connectivity index (χ4v) is 7.48. The molecule has 41 heavy (non-hydrogen) atoms. The van der Waals surface area contributed by atoms with Crippen molar-refractivity contribution in [2.45, 2.75) is 53.1 Å². The molecular formula is C33H37ClN6S. The number of piperidine rings is 1. The minimum absolute atomic E-state index is 0.127. The second kappa shape index (κ2) is 11.1. The maximum Gasteiger partial charge on any atom is 0.174 e. The SMILES string of the molecule is Cc1cccnc1-n1c(C)cc([C@@H]2[C@H](c3ccccn3)NC(=S)N2c2ccc(N3C[C@H](C)C[C@@H](C)C3)c(Cl)c2)c1C. The van der Waals surface area contributed by atoms with Crippen LogP contribution in [0.15, 0.2) is 67.0 Å². The van der Waals surface area contributed by atoms with Gasteiger partial charge in [-0.1, -0.05) is 37.6 Å². The second-order valence-corrected chi connectivity index (χ2v) is 12.6. The maximum absolute atomic E-state index is 7.03. The Bertz CT molecular complexity index is 1570. The van der Waals surface area contributed by atoms with E-state index in [2.05, 4.69) is 90.7 Å². The number of aryl methyl sites for hydroxylation is 2. The molecule has 6 rings (SSSR count). The summed E-state index contributed by atoms with van der Waals surface area (Å²) in [5.74, 6) is 2.23. The minimum Gasteiger partial charge on any atom is -0.370 e. The molecular weight excluding hydrogens is 548 g/mol. The van der Waals surface area contributed by atoms with Gasteiger partial charge >= 0.3 is 0 Å². The summed E-state index contributed by atoms with van der Waals surface area (Å²) in [6, 6.07) is 18.5. The van der Waals surface area contributed by atoms with Crippen LogP contribution < -0.4 is 15.1 Å². The molecule has 212 valence electrons. The first-order valence-corrected chi connectivity index (χ1v) is 15.2. The van der Waals surface area contributed by atoms with Gasteiger partial charge in [-0.05, 0) is 105 Å². The zero-order valence-electron chi connectivity index (χ0n) is 24.3. The molecule has 2 fully saturated rings. The third-order valence-electron chi connectivity index (χ3n) is 8.50. The van der Waals surface area contributed by atoms with Gasteiger partial charge in [0.15, 0.2) is 5.11 Å². The number of nitrogens with zero attached hydrogens (tertiary/aromatic N) is 5. The molecule has 0 spiro atoms. The van der Waals surface area contributed by atoms with Crippen molar-refractivity contribution in [3.8, 4) is 5.82 Å². The summed E-state index contributed by atoms with van der Waals surface area (Å²) in [4.78, 5) is 14.1. The van der Waals surface area contributed by atoms with Crippen molar-refractivity contribution >= 4 is 40.3 Å². The van der Waals surface area contributed by atoms with Crippen molar-refractivity contribution in [2.24, 2.45) is 11.8 Å². The van der Waals surface area contributed by atoms with E-state index >= 15 is 0 Å². The van der Waals surface area contributed by atoms with Gasteiger partial charge in [-0.15, -0.1) is 0 Å². The standard InChI is InChI=1S/C33H37ClN6S/c1-20-15-21(2)19-38(18-20)29-12-11-25(17-27(29)34)40-31(30(37-33(40)41)28-10-6-7-13-35-28)26-16-23(4)39(24(26)5)32-22(3)9-8-14-36-32/h6-14,16-17,20-21,30-31H,15,18-19H2,1-5H3,(H,37,41)/t20-,21-,30+,31-/m1/s1. The molecule has 0 saturated carbocycles. The highest BCUT2D eigenvalue weighted by Gasteiger charge is 2.42. The Morgan fingerprint density at radius 1 is 0.927 bits per heavy atom. The van der Waals surface area contributed by atoms with Crippen molar-refractivity contribution < 1.29 is 0 Å². The van der Waals surface area contributed by atoms with Gasteiger partial charge in [0.25, 0.3) is 0 Å². The van der Waals surface area contributed by atoms with Gasteiger partial charge in [0, 0.05) is 42.6 Å². The van der Waals surface area contributed by atoms with Crippen molar-refractivity contribution in [2.75, 3.05) is 22.9 Å². The first kappa shape index (κ1) is 27.7. The van der Waals surface area contributed by atoms with Gasteiger partial charge in [-0.3, -0.25) is 4.98 Å². The smallest absolute Gasteiger partial charge is 0.174 e. The molecule has 2 saturated heterocycles. The highest BCUT2D eigenvalue weighted by atomic mass is 35.5. The molecule has 4 atom stereocenters. The zero-order valence-corrected chi connectivity index (χ0v) is 25.9. The number of halogens is 1. The van der Waals surface area contributed by atoms with Gasteiger partial charge in [0.1, 0.15) is 5.82 Å². The molecule has 4 aromatic rings. The minimum atomic E-state index is -0.135. The Balaban J connectivity index is 1.45. The van der Waals surface area contributed by atoms with Crippen LogP contribution in [0.25, 0.3) is 5.82 Å². The number of rotatable bonds is 5. The third-order valence-corrected chi connectivity index (χ3v) is 9.12. The molecule has 8 heteroatoms. The fraction of sp³-hybridized carbons (Fsp3) is 0.364.